The molecule has 9 heteroatoms. The number of benzene rings is 3. The second kappa shape index (κ2) is 11.2. The van der Waals surface area contributed by atoms with Gasteiger partial charge in [-0.3, -0.25) is 19.5 Å². The molecule has 43 heavy (non-hydrogen) atoms. The highest BCUT2D eigenvalue weighted by Crippen LogP contribution is 2.46. The fourth-order valence-electron chi connectivity index (χ4n) is 6.30. The molecule has 0 saturated carbocycles. The van der Waals surface area contributed by atoms with Crippen molar-refractivity contribution in [2.45, 2.75) is 38.0 Å². The van der Waals surface area contributed by atoms with E-state index in [-0.39, 0.29) is 37.1 Å². The molecule has 0 radical (unpaired) electrons. The van der Waals surface area contributed by atoms with E-state index in [1.165, 1.54) is 9.58 Å². The molecule has 0 saturated heterocycles. The smallest absolute Gasteiger partial charge is 0.279 e. The van der Waals surface area contributed by atoms with Crippen molar-refractivity contribution in [1.82, 2.24) is 14.7 Å². The van der Waals surface area contributed by atoms with Crippen LogP contribution in [0.5, 0.6) is 0 Å². The van der Waals surface area contributed by atoms with Gasteiger partial charge in [-0.05, 0) is 47.9 Å². The Morgan fingerprint density at radius 2 is 1.86 bits per heavy atom. The number of hydrogen-bond donors (Lipinski definition) is 3. The number of rotatable bonds is 8. The first-order chi connectivity index (χ1) is 20.8. The second-order valence-electron chi connectivity index (χ2n) is 11.2. The minimum Gasteiger partial charge on any atom is -0.394 e. The first kappa shape index (κ1) is 28.4. The van der Waals surface area contributed by atoms with E-state index >= 15 is 0 Å². The first-order valence-corrected chi connectivity index (χ1v) is 14.4. The van der Waals surface area contributed by atoms with Gasteiger partial charge < -0.3 is 20.0 Å². The summed E-state index contributed by atoms with van der Waals surface area (Å²) in [5, 5.41) is 25.7. The quantitative estimate of drug-likeness (QED) is 0.276. The predicted molar refractivity (Wildman–Crippen MR) is 165 cm³/mol. The van der Waals surface area contributed by atoms with E-state index in [0.717, 1.165) is 11.1 Å². The Kier molecular flexibility index (Phi) is 7.37. The molecule has 9 nitrogen and oxygen atoms in total. The average Bonchev–Trinajstić information content (AvgIpc) is 3.47. The molecule has 2 amide bonds. The Morgan fingerprint density at radius 3 is 2.60 bits per heavy atom. The summed E-state index contributed by atoms with van der Waals surface area (Å²) in [5.41, 5.74) is 2.10. The minimum absolute atomic E-state index is 0.0566. The number of nitrogens with zero attached hydrogens (tertiary/aromatic N) is 3. The van der Waals surface area contributed by atoms with Crippen molar-refractivity contribution in [2.24, 2.45) is 5.92 Å². The zero-order valence-corrected chi connectivity index (χ0v) is 23.9. The number of carbonyl (C=O) groups is 2. The highest BCUT2D eigenvalue weighted by atomic mass is 16.3. The lowest BCUT2D eigenvalue weighted by Crippen LogP contribution is -2.46. The van der Waals surface area contributed by atoms with Gasteiger partial charge in [0.25, 0.3) is 11.5 Å². The monoisotopic (exact) mass is 578 g/mol. The number of H-pyrrole nitrogens is 1. The summed E-state index contributed by atoms with van der Waals surface area (Å²) in [6.45, 7) is 5.99. The Labute approximate surface area is 249 Å². The van der Waals surface area contributed by atoms with Crippen molar-refractivity contribution in [1.29, 1.82) is 0 Å². The van der Waals surface area contributed by atoms with E-state index in [9.17, 15) is 24.6 Å². The number of amides is 2. The van der Waals surface area contributed by atoms with Gasteiger partial charge in [-0.1, -0.05) is 61.5 Å². The summed E-state index contributed by atoms with van der Waals surface area (Å²) < 4.78 is 1.40. The van der Waals surface area contributed by atoms with Crippen molar-refractivity contribution in [3.63, 3.8) is 0 Å². The number of aliphatic hydroxyl groups is 2. The van der Waals surface area contributed by atoms with Gasteiger partial charge in [0.2, 0.25) is 5.91 Å². The molecule has 1 aromatic heterocycles. The minimum atomic E-state index is -1.93. The Balaban J connectivity index is 1.28. The third-order valence-corrected chi connectivity index (χ3v) is 8.68. The molecule has 220 valence electrons. The molecule has 3 N–H and O–H groups in total. The van der Waals surface area contributed by atoms with Crippen molar-refractivity contribution in [3.05, 3.63) is 119 Å². The number of fused-ring (bicyclic) bond motifs is 3. The molecule has 0 spiro atoms. The zero-order valence-electron chi connectivity index (χ0n) is 23.9. The number of anilines is 1. The number of aromatic amines is 1. The summed E-state index contributed by atoms with van der Waals surface area (Å²) in [6, 6.07) is 19.9. The number of aliphatic hydroxyl groups excluding tert-OH is 1. The van der Waals surface area contributed by atoms with Crippen LogP contribution in [0.15, 0.2) is 96.3 Å². The summed E-state index contributed by atoms with van der Waals surface area (Å²) in [4.78, 5) is 43.3. The third kappa shape index (κ3) is 4.70. The Hall–Kier alpha value is -4.73. The largest absolute Gasteiger partial charge is 0.394 e. The van der Waals surface area contributed by atoms with Gasteiger partial charge in [0.05, 0.1) is 34.9 Å². The number of aromatic nitrogens is 2. The van der Waals surface area contributed by atoms with Crippen LogP contribution in [0.4, 0.5) is 5.69 Å². The predicted octanol–water partition coefficient (Wildman–Crippen LogP) is 3.57. The molecular weight excluding hydrogens is 544 g/mol. The molecule has 0 bridgehead atoms. The van der Waals surface area contributed by atoms with Crippen LogP contribution < -0.4 is 10.5 Å². The Bertz CT molecular complexity index is 1820. The van der Waals surface area contributed by atoms with E-state index in [2.05, 4.69) is 11.7 Å². The van der Waals surface area contributed by atoms with E-state index in [4.69, 9.17) is 0 Å². The zero-order chi connectivity index (χ0) is 30.3. The number of hydrogen-bond acceptors (Lipinski definition) is 5. The molecule has 3 heterocycles. The van der Waals surface area contributed by atoms with Crippen LogP contribution in [0.2, 0.25) is 0 Å². The van der Waals surface area contributed by atoms with Gasteiger partial charge in [-0.2, -0.15) is 0 Å². The van der Waals surface area contributed by atoms with E-state index in [0.29, 0.717) is 40.8 Å². The van der Waals surface area contributed by atoms with Crippen LogP contribution in [0.3, 0.4) is 0 Å². The molecule has 0 unspecified atom stereocenters. The lowest BCUT2D eigenvalue weighted by atomic mass is 9.82. The molecule has 2 aliphatic heterocycles. The SMILES string of the molecule is C=CCN1C(=O)[C@@](O)([C@@H](C)/C=C/CC(=O)N2Cc3ccccc3C[C@H]2CO)c2cc(-n3[nH]c4ccccc4c3=O)ccc21. The number of carbonyl (C=O) groups excluding carboxylic acids is 2. The van der Waals surface area contributed by atoms with Crippen LogP contribution in [0.1, 0.15) is 30.0 Å². The average molecular weight is 579 g/mol. The molecular formula is C34H34N4O5. The highest BCUT2D eigenvalue weighted by Gasteiger charge is 2.52. The van der Waals surface area contributed by atoms with Crippen molar-refractivity contribution < 1.29 is 19.8 Å². The van der Waals surface area contributed by atoms with Gasteiger partial charge in [0.1, 0.15) is 0 Å². The van der Waals surface area contributed by atoms with Crippen LogP contribution in [0, 0.1) is 5.92 Å². The maximum absolute atomic E-state index is 13.7. The molecule has 3 aromatic carbocycles. The van der Waals surface area contributed by atoms with Gasteiger partial charge >= 0.3 is 0 Å². The fraction of sp³-hybridized carbons (Fsp3) is 0.265. The maximum atomic E-state index is 13.7. The van der Waals surface area contributed by atoms with Gasteiger partial charge in [0, 0.05) is 31.0 Å². The van der Waals surface area contributed by atoms with E-state index in [1.807, 2.05) is 36.4 Å². The summed E-state index contributed by atoms with van der Waals surface area (Å²) in [6.07, 6.45) is 5.60. The molecule has 3 atom stereocenters. The van der Waals surface area contributed by atoms with Gasteiger partial charge in [-0.25, -0.2) is 4.68 Å². The topological polar surface area (TPSA) is 119 Å². The highest BCUT2D eigenvalue weighted by molar-refractivity contribution is 6.07. The molecule has 2 aliphatic rings. The number of nitrogens with one attached hydrogen (secondary N) is 1. The van der Waals surface area contributed by atoms with Gasteiger partial charge in [-0.15, -0.1) is 6.58 Å². The normalized spacial score (nSPS) is 20.4. The molecule has 0 fully saturated rings. The van der Waals surface area contributed by atoms with Crippen molar-refractivity contribution >= 4 is 28.4 Å². The van der Waals surface area contributed by atoms with E-state index < -0.39 is 17.4 Å². The lowest BCUT2D eigenvalue weighted by molar-refractivity contribution is -0.139. The van der Waals surface area contributed by atoms with Crippen LogP contribution >= 0.6 is 0 Å². The third-order valence-electron chi connectivity index (χ3n) is 8.68. The Morgan fingerprint density at radius 1 is 1.12 bits per heavy atom. The summed E-state index contributed by atoms with van der Waals surface area (Å²) >= 11 is 0. The van der Waals surface area contributed by atoms with E-state index in [1.54, 1.807) is 60.4 Å². The van der Waals surface area contributed by atoms with Gasteiger partial charge in [0.15, 0.2) is 5.60 Å². The molecule has 4 aromatic rings. The van der Waals surface area contributed by atoms with Crippen LogP contribution in [-0.4, -0.2) is 55.9 Å². The van der Waals surface area contributed by atoms with Crippen molar-refractivity contribution in [3.8, 4) is 5.69 Å². The van der Waals surface area contributed by atoms with Crippen molar-refractivity contribution in [2.75, 3.05) is 18.1 Å². The summed E-state index contributed by atoms with van der Waals surface area (Å²) in [7, 11) is 0. The standard InChI is InChI=1S/C34H34N4O5/c1-3-17-36-30-16-15-25(38-32(41)27-12-6-7-13-29(27)35-38)19-28(30)34(43,33(36)42)22(2)9-8-14-31(40)37-20-24-11-5-4-10-23(24)18-26(37)21-39/h3-13,15-16,19,22,26,35,39,43H,1,14,17-18,20-21H2,2H3/b9-8+/t22-,26-,34+/m0/s1. The lowest BCUT2D eigenvalue weighted by Gasteiger charge is -2.36. The summed E-state index contributed by atoms with van der Waals surface area (Å²) in [5.74, 6) is -1.34. The first-order valence-electron chi connectivity index (χ1n) is 14.4. The maximum Gasteiger partial charge on any atom is 0.279 e. The van der Waals surface area contributed by atoms with Crippen LogP contribution in [0.25, 0.3) is 16.6 Å². The molecule has 6 rings (SSSR count). The second-order valence-corrected chi connectivity index (χ2v) is 11.2. The number of para-hydroxylation sites is 1. The van der Waals surface area contributed by atoms with Crippen LogP contribution in [-0.2, 0) is 28.2 Å². The molecule has 0 aliphatic carbocycles. The fourth-order valence-corrected chi connectivity index (χ4v) is 6.30.